The second kappa shape index (κ2) is 6.17. The van der Waals surface area contributed by atoms with Gasteiger partial charge in [0.2, 0.25) is 0 Å². The number of hydrogen-bond donors (Lipinski definition) is 1. The molecule has 2 aromatic rings. The van der Waals surface area contributed by atoms with E-state index in [2.05, 4.69) is 20.6 Å². The lowest BCUT2D eigenvalue weighted by molar-refractivity contribution is 0.0930. The van der Waals surface area contributed by atoms with E-state index in [9.17, 15) is 4.79 Å². The Bertz CT molecular complexity index is 646. The maximum Gasteiger partial charge on any atom is 0.394 e. The van der Waals surface area contributed by atoms with Crippen molar-refractivity contribution in [3.63, 3.8) is 0 Å². The van der Waals surface area contributed by atoms with E-state index in [0.29, 0.717) is 19.1 Å². The highest BCUT2D eigenvalue weighted by molar-refractivity contribution is 5.92. The predicted molar refractivity (Wildman–Crippen MR) is 76.6 cm³/mol. The van der Waals surface area contributed by atoms with Gasteiger partial charge in [-0.2, -0.15) is 4.98 Å². The minimum absolute atomic E-state index is 0.102. The summed E-state index contributed by atoms with van der Waals surface area (Å²) in [7, 11) is 0. The van der Waals surface area contributed by atoms with Crippen molar-refractivity contribution in [2.75, 3.05) is 6.61 Å². The third kappa shape index (κ3) is 3.44. The van der Waals surface area contributed by atoms with Gasteiger partial charge >= 0.3 is 6.08 Å². The fourth-order valence-corrected chi connectivity index (χ4v) is 2.14. The zero-order valence-electron chi connectivity index (χ0n) is 12.7. The average molecular weight is 305 g/mol. The molecule has 3 rings (SSSR count). The van der Waals surface area contributed by atoms with Crippen molar-refractivity contribution in [3.8, 4) is 6.08 Å². The fourth-order valence-electron chi connectivity index (χ4n) is 2.14. The van der Waals surface area contributed by atoms with Crippen LogP contribution in [0.2, 0.25) is 0 Å². The van der Waals surface area contributed by atoms with Gasteiger partial charge in [0.1, 0.15) is 6.26 Å². The second-order valence-electron chi connectivity index (χ2n) is 5.45. The molecule has 1 atom stereocenters. The summed E-state index contributed by atoms with van der Waals surface area (Å²) in [5.41, 5.74) is 1.24. The Labute approximate surface area is 127 Å². The van der Waals surface area contributed by atoms with E-state index in [0.717, 1.165) is 5.69 Å². The molecule has 118 valence electrons. The Morgan fingerprint density at radius 1 is 1.59 bits per heavy atom. The van der Waals surface area contributed by atoms with Crippen LogP contribution in [0.15, 0.2) is 16.9 Å². The van der Waals surface area contributed by atoms with E-state index in [4.69, 9.17) is 9.15 Å². The van der Waals surface area contributed by atoms with E-state index in [1.54, 1.807) is 4.68 Å². The van der Waals surface area contributed by atoms with Gasteiger partial charge in [-0.3, -0.25) is 9.48 Å². The van der Waals surface area contributed by atoms with Gasteiger partial charge in [0.25, 0.3) is 5.91 Å². The van der Waals surface area contributed by atoms with Gasteiger partial charge in [0.15, 0.2) is 5.69 Å². The van der Waals surface area contributed by atoms with Crippen LogP contribution in [-0.4, -0.2) is 38.5 Å². The largest absolute Gasteiger partial charge is 0.450 e. The van der Waals surface area contributed by atoms with Crippen molar-refractivity contribution in [3.05, 3.63) is 23.8 Å². The van der Waals surface area contributed by atoms with Crippen LogP contribution in [0.4, 0.5) is 0 Å². The molecule has 1 N–H and O–H groups in total. The lowest BCUT2D eigenvalue weighted by Gasteiger charge is -2.12. The summed E-state index contributed by atoms with van der Waals surface area (Å²) in [5.74, 6) is 0.274. The standard InChI is InChI=1S/C14H19N5O3/c1-3-21-14-16-12(8-22-14)13(20)15-9(2)6-19-7-11(17-18-19)10-4-5-10/h7-10H,3-6H2,1-2H3,(H,15,20)/t9-/m0/s1. The quantitative estimate of drug-likeness (QED) is 0.830. The number of ether oxygens (including phenoxy) is 1. The molecule has 1 fully saturated rings. The zero-order chi connectivity index (χ0) is 15.5. The minimum Gasteiger partial charge on any atom is -0.450 e. The summed E-state index contributed by atoms with van der Waals surface area (Å²) in [6, 6.07) is -0.103. The van der Waals surface area contributed by atoms with Gasteiger partial charge in [-0.1, -0.05) is 5.21 Å². The molecule has 1 saturated carbocycles. The van der Waals surface area contributed by atoms with Gasteiger partial charge in [-0.05, 0) is 26.7 Å². The van der Waals surface area contributed by atoms with Crippen LogP contribution in [-0.2, 0) is 6.54 Å². The molecule has 22 heavy (non-hydrogen) atoms. The Morgan fingerprint density at radius 3 is 3.14 bits per heavy atom. The molecule has 1 aliphatic rings. The number of nitrogens with zero attached hydrogens (tertiary/aromatic N) is 4. The van der Waals surface area contributed by atoms with Crippen molar-refractivity contribution >= 4 is 5.91 Å². The lowest BCUT2D eigenvalue weighted by Crippen LogP contribution is -2.36. The van der Waals surface area contributed by atoms with Gasteiger partial charge in [-0.15, -0.1) is 5.10 Å². The van der Waals surface area contributed by atoms with Crippen LogP contribution in [0.1, 0.15) is 48.8 Å². The summed E-state index contributed by atoms with van der Waals surface area (Å²) in [4.78, 5) is 16.0. The molecular formula is C14H19N5O3. The van der Waals surface area contributed by atoms with E-state index in [1.807, 2.05) is 20.0 Å². The molecule has 2 aromatic heterocycles. The maximum atomic E-state index is 12.1. The Kier molecular flexibility index (Phi) is 4.08. The SMILES string of the molecule is CCOc1nc(C(=O)N[C@@H](C)Cn2cc(C3CC3)nn2)co1. The average Bonchev–Trinajstić information content (AvgIpc) is 3.04. The number of carbonyl (C=O) groups is 1. The molecule has 8 heteroatoms. The first kappa shape index (κ1) is 14.6. The van der Waals surface area contributed by atoms with Crippen LogP contribution in [0, 0.1) is 0 Å². The molecule has 0 radical (unpaired) electrons. The number of rotatable bonds is 7. The maximum absolute atomic E-state index is 12.1. The third-order valence-corrected chi connectivity index (χ3v) is 3.37. The molecule has 1 amide bonds. The van der Waals surface area contributed by atoms with Crippen LogP contribution in [0.3, 0.4) is 0 Å². The first-order valence-electron chi connectivity index (χ1n) is 7.45. The molecule has 0 aliphatic heterocycles. The molecule has 0 aromatic carbocycles. The van der Waals surface area contributed by atoms with Crippen molar-refractivity contribution < 1.29 is 13.9 Å². The van der Waals surface area contributed by atoms with Crippen LogP contribution in [0.25, 0.3) is 0 Å². The smallest absolute Gasteiger partial charge is 0.394 e. The molecule has 2 heterocycles. The molecule has 1 aliphatic carbocycles. The molecule has 0 unspecified atom stereocenters. The number of hydrogen-bond acceptors (Lipinski definition) is 6. The first-order valence-corrected chi connectivity index (χ1v) is 7.45. The number of aromatic nitrogens is 4. The Morgan fingerprint density at radius 2 is 2.41 bits per heavy atom. The summed E-state index contributed by atoms with van der Waals surface area (Å²) >= 11 is 0. The normalized spacial score (nSPS) is 15.5. The summed E-state index contributed by atoms with van der Waals surface area (Å²) in [6.45, 7) is 4.72. The molecular weight excluding hydrogens is 286 g/mol. The van der Waals surface area contributed by atoms with Crippen LogP contribution < -0.4 is 10.1 Å². The first-order chi connectivity index (χ1) is 10.7. The fraction of sp³-hybridized carbons (Fsp3) is 0.571. The topological polar surface area (TPSA) is 95.1 Å². The van der Waals surface area contributed by atoms with Crippen LogP contribution in [0.5, 0.6) is 6.08 Å². The Balaban J connectivity index is 1.53. The lowest BCUT2D eigenvalue weighted by atomic mass is 10.3. The Hall–Kier alpha value is -2.38. The van der Waals surface area contributed by atoms with E-state index >= 15 is 0 Å². The van der Waals surface area contributed by atoms with Gasteiger partial charge in [-0.25, -0.2) is 0 Å². The minimum atomic E-state index is -0.301. The summed E-state index contributed by atoms with van der Waals surface area (Å²) in [6.07, 6.45) is 5.72. The highest BCUT2D eigenvalue weighted by Gasteiger charge is 2.26. The molecule has 0 spiro atoms. The van der Waals surface area contributed by atoms with Crippen molar-refractivity contribution in [2.24, 2.45) is 0 Å². The van der Waals surface area contributed by atoms with Crippen molar-refractivity contribution in [1.82, 2.24) is 25.3 Å². The summed E-state index contributed by atoms with van der Waals surface area (Å²) in [5, 5.41) is 11.1. The molecule has 0 bridgehead atoms. The van der Waals surface area contributed by atoms with Crippen LogP contribution >= 0.6 is 0 Å². The zero-order valence-corrected chi connectivity index (χ0v) is 12.7. The van der Waals surface area contributed by atoms with E-state index < -0.39 is 0 Å². The third-order valence-electron chi connectivity index (χ3n) is 3.37. The van der Waals surface area contributed by atoms with E-state index in [1.165, 1.54) is 19.1 Å². The van der Waals surface area contributed by atoms with E-state index in [-0.39, 0.29) is 23.7 Å². The van der Waals surface area contributed by atoms with Crippen molar-refractivity contribution in [2.45, 2.75) is 45.2 Å². The highest BCUT2D eigenvalue weighted by atomic mass is 16.6. The second-order valence-corrected chi connectivity index (χ2v) is 5.45. The van der Waals surface area contributed by atoms with Gasteiger partial charge in [0, 0.05) is 18.2 Å². The number of carbonyl (C=O) groups excluding carboxylic acids is 1. The molecule has 8 nitrogen and oxygen atoms in total. The number of nitrogens with one attached hydrogen (secondary N) is 1. The van der Waals surface area contributed by atoms with Crippen molar-refractivity contribution in [1.29, 1.82) is 0 Å². The highest BCUT2D eigenvalue weighted by Crippen LogP contribution is 2.38. The van der Waals surface area contributed by atoms with Gasteiger partial charge < -0.3 is 14.5 Å². The monoisotopic (exact) mass is 305 g/mol. The summed E-state index contributed by atoms with van der Waals surface area (Å²) < 4.78 is 11.9. The number of amides is 1. The number of oxazole rings is 1. The molecule has 0 saturated heterocycles. The van der Waals surface area contributed by atoms with Gasteiger partial charge in [0.05, 0.1) is 18.8 Å². The predicted octanol–water partition coefficient (Wildman–Crippen LogP) is 1.36.